The van der Waals surface area contributed by atoms with Gasteiger partial charge in [0.15, 0.2) is 5.43 Å². The summed E-state index contributed by atoms with van der Waals surface area (Å²) in [5.41, 5.74) is 2.22. The smallest absolute Gasteiger partial charge is 0.189 e. The summed E-state index contributed by atoms with van der Waals surface area (Å²) in [7, 11) is 0. The van der Waals surface area contributed by atoms with E-state index in [0.29, 0.717) is 0 Å². The van der Waals surface area contributed by atoms with Crippen LogP contribution in [0.4, 0.5) is 0 Å². The minimum Gasteiger partial charge on any atom is -0.346 e. The van der Waals surface area contributed by atoms with E-state index in [9.17, 15) is 4.79 Å². The number of hydrogen-bond acceptors (Lipinski definition) is 3. The highest BCUT2D eigenvalue weighted by molar-refractivity contribution is 5.78. The Balaban J connectivity index is 1.66. The molecular weight excluding hydrogens is 262 g/mol. The zero-order valence-corrected chi connectivity index (χ0v) is 11.7. The van der Waals surface area contributed by atoms with Crippen LogP contribution in [0.3, 0.4) is 0 Å². The second-order valence-corrected chi connectivity index (χ2v) is 4.93. The monoisotopic (exact) mass is 279 g/mol. The van der Waals surface area contributed by atoms with Crippen LogP contribution in [0.15, 0.2) is 65.8 Å². The molecule has 0 aliphatic heterocycles. The first-order valence-electron chi connectivity index (χ1n) is 7.02. The third kappa shape index (κ3) is 3.17. The lowest BCUT2D eigenvalue weighted by atomic mass is 10.2. The Morgan fingerprint density at radius 2 is 2.00 bits per heavy atom. The SMILES string of the molecule is O=c1ccn(CCNCc2cccnc2)c2ccccc12. The van der Waals surface area contributed by atoms with Crippen LogP contribution in [0.1, 0.15) is 5.56 Å². The Morgan fingerprint density at radius 3 is 2.86 bits per heavy atom. The molecule has 1 N–H and O–H groups in total. The van der Waals surface area contributed by atoms with Gasteiger partial charge in [-0.25, -0.2) is 0 Å². The van der Waals surface area contributed by atoms with Crippen molar-refractivity contribution in [1.29, 1.82) is 0 Å². The van der Waals surface area contributed by atoms with Gasteiger partial charge in [0, 0.05) is 49.7 Å². The van der Waals surface area contributed by atoms with Crippen molar-refractivity contribution >= 4 is 10.9 Å². The van der Waals surface area contributed by atoms with Gasteiger partial charge >= 0.3 is 0 Å². The zero-order valence-electron chi connectivity index (χ0n) is 11.7. The maximum atomic E-state index is 11.8. The first-order valence-corrected chi connectivity index (χ1v) is 7.02. The fourth-order valence-electron chi connectivity index (χ4n) is 2.39. The molecule has 0 radical (unpaired) electrons. The number of rotatable bonds is 5. The van der Waals surface area contributed by atoms with Crippen LogP contribution in [0.2, 0.25) is 0 Å². The van der Waals surface area contributed by atoms with Crippen molar-refractivity contribution in [1.82, 2.24) is 14.9 Å². The summed E-state index contributed by atoms with van der Waals surface area (Å²) in [6, 6.07) is 13.3. The van der Waals surface area contributed by atoms with Crippen LogP contribution < -0.4 is 10.7 Å². The summed E-state index contributed by atoms with van der Waals surface area (Å²) >= 11 is 0. The van der Waals surface area contributed by atoms with Gasteiger partial charge in [0.1, 0.15) is 0 Å². The lowest BCUT2D eigenvalue weighted by Crippen LogP contribution is -2.20. The summed E-state index contributed by atoms with van der Waals surface area (Å²) < 4.78 is 2.10. The molecule has 3 rings (SSSR count). The molecule has 0 atom stereocenters. The molecule has 0 fully saturated rings. The molecular formula is C17H17N3O. The number of fused-ring (bicyclic) bond motifs is 1. The molecule has 4 nitrogen and oxygen atoms in total. The summed E-state index contributed by atoms with van der Waals surface area (Å²) in [6.07, 6.45) is 5.49. The molecule has 0 aliphatic carbocycles. The number of nitrogens with zero attached hydrogens (tertiary/aromatic N) is 2. The standard InChI is InChI=1S/C17H17N3O/c21-17-7-10-20(16-6-2-1-5-15(16)17)11-9-19-13-14-4-3-8-18-12-14/h1-8,10,12,19H,9,11,13H2. The molecule has 2 heterocycles. The van der Waals surface area contributed by atoms with Gasteiger partial charge in [0.2, 0.25) is 0 Å². The van der Waals surface area contributed by atoms with Crippen LogP contribution in [0.5, 0.6) is 0 Å². The predicted molar refractivity (Wildman–Crippen MR) is 84.2 cm³/mol. The van der Waals surface area contributed by atoms with Crippen LogP contribution in [0, 0.1) is 0 Å². The van der Waals surface area contributed by atoms with Crippen LogP contribution in [-0.4, -0.2) is 16.1 Å². The van der Waals surface area contributed by atoms with Crippen LogP contribution >= 0.6 is 0 Å². The van der Waals surface area contributed by atoms with Gasteiger partial charge in [-0.2, -0.15) is 0 Å². The van der Waals surface area contributed by atoms with Crippen molar-refractivity contribution in [3.05, 3.63) is 76.8 Å². The summed E-state index contributed by atoms with van der Waals surface area (Å²) in [4.78, 5) is 15.9. The molecule has 0 saturated carbocycles. The Labute approximate surface area is 123 Å². The van der Waals surface area contributed by atoms with Crippen molar-refractivity contribution in [2.45, 2.75) is 13.1 Å². The number of hydrogen-bond donors (Lipinski definition) is 1. The van der Waals surface area contributed by atoms with Crippen LogP contribution in [-0.2, 0) is 13.1 Å². The molecule has 0 spiro atoms. The van der Waals surface area contributed by atoms with Gasteiger partial charge in [-0.3, -0.25) is 9.78 Å². The molecule has 1 aromatic carbocycles. The average molecular weight is 279 g/mol. The van der Waals surface area contributed by atoms with E-state index in [-0.39, 0.29) is 5.43 Å². The van der Waals surface area contributed by atoms with E-state index >= 15 is 0 Å². The molecule has 106 valence electrons. The van der Waals surface area contributed by atoms with E-state index in [2.05, 4.69) is 20.9 Å². The lowest BCUT2D eigenvalue weighted by Gasteiger charge is -2.11. The van der Waals surface area contributed by atoms with Gasteiger partial charge in [-0.1, -0.05) is 18.2 Å². The Kier molecular flexibility index (Phi) is 4.07. The van der Waals surface area contributed by atoms with Gasteiger partial charge in [0.05, 0.1) is 5.52 Å². The number of para-hydroxylation sites is 1. The second kappa shape index (κ2) is 6.33. The minimum atomic E-state index is 0.0742. The molecule has 2 aromatic heterocycles. The molecule has 0 unspecified atom stereocenters. The number of pyridine rings is 2. The summed E-state index contributed by atoms with van der Waals surface area (Å²) in [5, 5.41) is 4.16. The molecule has 21 heavy (non-hydrogen) atoms. The first-order chi connectivity index (χ1) is 10.3. The zero-order chi connectivity index (χ0) is 14.5. The third-order valence-corrected chi connectivity index (χ3v) is 3.47. The summed E-state index contributed by atoms with van der Waals surface area (Å²) in [5.74, 6) is 0. The molecule has 0 aliphatic rings. The van der Waals surface area contributed by atoms with E-state index in [4.69, 9.17) is 0 Å². The van der Waals surface area contributed by atoms with Crippen LogP contribution in [0.25, 0.3) is 10.9 Å². The predicted octanol–water partition coefficient (Wildman–Crippen LogP) is 2.19. The Morgan fingerprint density at radius 1 is 1.10 bits per heavy atom. The van der Waals surface area contributed by atoms with Gasteiger partial charge in [0.25, 0.3) is 0 Å². The van der Waals surface area contributed by atoms with E-state index in [1.807, 2.05) is 42.7 Å². The van der Waals surface area contributed by atoms with E-state index < -0.39 is 0 Å². The quantitative estimate of drug-likeness (QED) is 0.728. The minimum absolute atomic E-state index is 0.0742. The number of aromatic nitrogens is 2. The largest absolute Gasteiger partial charge is 0.346 e. The van der Waals surface area contributed by atoms with Crippen molar-refractivity contribution in [2.75, 3.05) is 6.54 Å². The van der Waals surface area contributed by atoms with Crippen molar-refractivity contribution in [3.8, 4) is 0 Å². The highest BCUT2D eigenvalue weighted by atomic mass is 16.1. The molecule has 4 heteroatoms. The van der Waals surface area contributed by atoms with Gasteiger partial charge in [-0.05, 0) is 23.8 Å². The van der Waals surface area contributed by atoms with E-state index in [1.165, 1.54) is 5.56 Å². The van der Waals surface area contributed by atoms with Crippen molar-refractivity contribution < 1.29 is 0 Å². The third-order valence-electron chi connectivity index (χ3n) is 3.47. The number of benzene rings is 1. The van der Waals surface area contributed by atoms with E-state index in [0.717, 1.165) is 30.5 Å². The topological polar surface area (TPSA) is 46.9 Å². The summed E-state index contributed by atoms with van der Waals surface area (Å²) in [6.45, 7) is 2.45. The average Bonchev–Trinajstić information content (AvgIpc) is 2.55. The molecule has 0 bridgehead atoms. The molecule has 0 saturated heterocycles. The van der Waals surface area contributed by atoms with Gasteiger partial charge in [-0.15, -0.1) is 0 Å². The second-order valence-electron chi connectivity index (χ2n) is 4.93. The fraction of sp³-hybridized carbons (Fsp3) is 0.176. The lowest BCUT2D eigenvalue weighted by molar-refractivity contribution is 0.606. The maximum Gasteiger partial charge on any atom is 0.189 e. The first kappa shape index (κ1) is 13.5. The maximum absolute atomic E-state index is 11.8. The van der Waals surface area contributed by atoms with Gasteiger partial charge < -0.3 is 9.88 Å². The highest BCUT2D eigenvalue weighted by Crippen LogP contribution is 2.08. The Hall–Kier alpha value is -2.46. The molecule has 0 amide bonds. The molecule has 3 aromatic rings. The van der Waals surface area contributed by atoms with Crippen molar-refractivity contribution in [3.63, 3.8) is 0 Å². The fourth-order valence-corrected chi connectivity index (χ4v) is 2.39. The normalized spacial score (nSPS) is 10.9. The van der Waals surface area contributed by atoms with E-state index in [1.54, 1.807) is 12.3 Å². The Bertz CT molecular complexity index is 781. The number of nitrogens with one attached hydrogen (secondary N) is 1. The van der Waals surface area contributed by atoms with Crippen molar-refractivity contribution in [2.24, 2.45) is 0 Å². The highest BCUT2D eigenvalue weighted by Gasteiger charge is 2.01.